The molecule has 2 rings (SSSR count). The summed E-state index contributed by atoms with van der Waals surface area (Å²) in [6, 6.07) is 7.15. The van der Waals surface area contributed by atoms with E-state index in [1.165, 1.54) is 0 Å². The van der Waals surface area contributed by atoms with Gasteiger partial charge in [-0.3, -0.25) is 4.79 Å². The van der Waals surface area contributed by atoms with Crippen LogP contribution in [-0.4, -0.2) is 30.5 Å². The number of benzene rings is 1. The molecular formula is C12H15ClN2OS. The van der Waals surface area contributed by atoms with Gasteiger partial charge >= 0.3 is 0 Å². The SMILES string of the molecule is O=C(CSCC1CNC1)Nc1ccc(Cl)cc1. The molecule has 1 aliphatic heterocycles. The topological polar surface area (TPSA) is 41.1 Å². The van der Waals surface area contributed by atoms with Crippen LogP contribution >= 0.6 is 23.4 Å². The summed E-state index contributed by atoms with van der Waals surface area (Å²) in [5.41, 5.74) is 0.797. The van der Waals surface area contributed by atoms with Crippen molar-refractivity contribution in [3.05, 3.63) is 29.3 Å². The van der Waals surface area contributed by atoms with E-state index in [9.17, 15) is 4.79 Å². The third-order valence-electron chi connectivity index (χ3n) is 2.58. The Labute approximate surface area is 110 Å². The number of rotatable bonds is 5. The number of hydrogen-bond acceptors (Lipinski definition) is 3. The second-order valence-corrected chi connectivity index (χ2v) is 5.56. The Morgan fingerprint density at radius 1 is 1.41 bits per heavy atom. The summed E-state index contributed by atoms with van der Waals surface area (Å²) in [7, 11) is 0. The first-order valence-electron chi connectivity index (χ1n) is 5.58. The van der Waals surface area contributed by atoms with Crippen LogP contribution in [0.5, 0.6) is 0 Å². The van der Waals surface area contributed by atoms with Crippen molar-refractivity contribution in [1.82, 2.24) is 5.32 Å². The maximum Gasteiger partial charge on any atom is 0.234 e. The zero-order valence-electron chi connectivity index (χ0n) is 9.41. The van der Waals surface area contributed by atoms with E-state index in [1.807, 2.05) is 0 Å². The van der Waals surface area contributed by atoms with Gasteiger partial charge in [0, 0.05) is 10.7 Å². The van der Waals surface area contributed by atoms with Crippen LogP contribution in [0.1, 0.15) is 0 Å². The van der Waals surface area contributed by atoms with Gasteiger partial charge in [-0.1, -0.05) is 11.6 Å². The molecule has 1 saturated heterocycles. The maximum absolute atomic E-state index is 11.6. The van der Waals surface area contributed by atoms with Crippen molar-refractivity contribution in [2.24, 2.45) is 5.92 Å². The van der Waals surface area contributed by atoms with Crippen LogP contribution in [0.3, 0.4) is 0 Å². The first kappa shape index (κ1) is 12.7. The lowest BCUT2D eigenvalue weighted by Crippen LogP contribution is -2.43. The molecule has 5 heteroatoms. The largest absolute Gasteiger partial charge is 0.325 e. The third kappa shape index (κ3) is 4.22. The monoisotopic (exact) mass is 270 g/mol. The minimum atomic E-state index is 0.0459. The Morgan fingerprint density at radius 2 is 2.12 bits per heavy atom. The average Bonchev–Trinajstić information content (AvgIpc) is 2.25. The van der Waals surface area contributed by atoms with Gasteiger partial charge < -0.3 is 10.6 Å². The van der Waals surface area contributed by atoms with Gasteiger partial charge in [0.15, 0.2) is 0 Å². The van der Waals surface area contributed by atoms with Crippen LogP contribution in [0, 0.1) is 5.92 Å². The van der Waals surface area contributed by atoms with Crippen molar-refractivity contribution in [3.8, 4) is 0 Å². The fourth-order valence-corrected chi connectivity index (χ4v) is 2.59. The lowest BCUT2D eigenvalue weighted by molar-refractivity contribution is -0.113. The molecule has 0 aromatic heterocycles. The molecule has 0 saturated carbocycles. The molecule has 0 bridgehead atoms. The van der Waals surface area contributed by atoms with Gasteiger partial charge in [0.1, 0.15) is 0 Å². The van der Waals surface area contributed by atoms with Crippen LogP contribution in [-0.2, 0) is 4.79 Å². The molecule has 0 radical (unpaired) electrons. The van der Waals surface area contributed by atoms with Gasteiger partial charge in [0.25, 0.3) is 0 Å². The van der Waals surface area contributed by atoms with E-state index in [0.717, 1.165) is 30.4 Å². The third-order valence-corrected chi connectivity index (χ3v) is 4.01. The molecule has 17 heavy (non-hydrogen) atoms. The van der Waals surface area contributed by atoms with E-state index in [4.69, 9.17) is 11.6 Å². The summed E-state index contributed by atoms with van der Waals surface area (Å²) in [4.78, 5) is 11.6. The summed E-state index contributed by atoms with van der Waals surface area (Å²) in [5.74, 6) is 2.35. The Bertz CT molecular complexity index is 379. The number of carbonyl (C=O) groups excluding carboxylic acids is 1. The quantitative estimate of drug-likeness (QED) is 0.862. The number of halogens is 1. The highest BCUT2D eigenvalue weighted by atomic mass is 35.5. The van der Waals surface area contributed by atoms with E-state index in [2.05, 4.69) is 10.6 Å². The van der Waals surface area contributed by atoms with E-state index >= 15 is 0 Å². The summed E-state index contributed by atoms with van der Waals surface area (Å²) >= 11 is 7.46. The van der Waals surface area contributed by atoms with Gasteiger partial charge in [-0.15, -0.1) is 0 Å². The van der Waals surface area contributed by atoms with Gasteiger partial charge in [-0.2, -0.15) is 11.8 Å². The molecule has 1 fully saturated rings. The van der Waals surface area contributed by atoms with Crippen molar-refractivity contribution >= 4 is 35.0 Å². The number of nitrogens with one attached hydrogen (secondary N) is 2. The first-order chi connectivity index (χ1) is 8.24. The molecule has 0 spiro atoms. The number of anilines is 1. The van der Waals surface area contributed by atoms with Gasteiger partial charge in [-0.05, 0) is 49.0 Å². The zero-order valence-corrected chi connectivity index (χ0v) is 11.0. The number of amides is 1. The van der Waals surface area contributed by atoms with Crippen LogP contribution in [0.25, 0.3) is 0 Å². The lowest BCUT2D eigenvalue weighted by Gasteiger charge is -2.26. The van der Waals surface area contributed by atoms with Crippen LogP contribution in [0.15, 0.2) is 24.3 Å². The van der Waals surface area contributed by atoms with E-state index in [-0.39, 0.29) is 5.91 Å². The molecular weight excluding hydrogens is 256 g/mol. The molecule has 1 aromatic carbocycles. The van der Waals surface area contributed by atoms with Crippen LogP contribution < -0.4 is 10.6 Å². The van der Waals surface area contributed by atoms with Crippen molar-refractivity contribution < 1.29 is 4.79 Å². The predicted octanol–water partition coefficient (Wildman–Crippen LogP) is 2.23. The Hall–Kier alpha value is -0.710. The zero-order chi connectivity index (χ0) is 12.1. The van der Waals surface area contributed by atoms with Gasteiger partial charge in [-0.25, -0.2) is 0 Å². The fraction of sp³-hybridized carbons (Fsp3) is 0.417. The number of hydrogen-bond donors (Lipinski definition) is 2. The van der Waals surface area contributed by atoms with E-state index in [0.29, 0.717) is 10.8 Å². The number of carbonyl (C=O) groups is 1. The van der Waals surface area contributed by atoms with Gasteiger partial charge in [0.2, 0.25) is 5.91 Å². The predicted molar refractivity (Wildman–Crippen MR) is 73.8 cm³/mol. The Balaban J connectivity index is 1.67. The second-order valence-electron chi connectivity index (χ2n) is 4.09. The Morgan fingerprint density at radius 3 is 2.71 bits per heavy atom. The summed E-state index contributed by atoms with van der Waals surface area (Å²) in [6.45, 7) is 2.18. The van der Waals surface area contributed by atoms with Crippen molar-refractivity contribution in [1.29, 1.82) is 0 Å². The standard InChI is InChI=1S/C12H15ClN2OS/c13-10-1-3-11(4-2-10)15-12(16)8-17-7-9-5-14-6-9/h1-4,9,14H,5-8H2,(H,15,16). The summed E-state index contributed by atoms with van der Waals surface area (Å²) in [5, 5.41) is 6.74. The fourth-order valence-electron chi connectivity index (χ4n) is 1.51. The molecule has 92 valence electrons. The van der Waals surface area contributed by atoms with E-state index < -0.39 is 0 Å². The molecule has 3 nitrogen and oxygen atoms in total. The maximum atomic E-state index is 11.6. The highest BCUT2D eigenvalue weighted by Gasteiger charge is 2.16. The molecule has 0 atom stereocenters. The van der Waals surface area contributed by atoms with Crippen LogP contribution in [0.4, 0.5) is 5.69 Å². The first-order valence-corrected chi connectivity index (χ1v) is 7.11. The highest BCUT2D eigenvalue weighted by molar-refractivity contribution is 7.99. The number of thioether (sulfide) groups is 1. The minimum Gasteiger partial charge on any atom is -0.325 e. The molecule has 2 N–H and O–H groups in total. The second kappa shape index (κ2) is 6.28. The highest BCUT2D eigenvalue weighted by Crippen LogP contribution is 2.15. The van der Waals surface area contributed by atoms with E-state index in [1.54, 1.807) is 36.0 Å². The molecule has 0 unspecified atom stereocenters. The molecule has 0 aliphatic carbocycles. The smallest absolute Gasteiger partial charge is 0.234 e. The molecule has 1 aromatic rings. The lowest BCUT2D eigenvalue weighted by atomic mass is 10.1. The normalized spacial score (nSPS) is 15.4. The minimum absolute atomic E-state index is 0.0459. The Kier molecular flexibility index (Phi) is 4.71. The van der Waals surface area contributed by atoms with Crippen molar-refractivity contribution in [2.75, 3.05) is 29.9 Å². The van der Waals surface area contributed by atoms with Crippen molar-refractivity contribution in [3.63, 3.8) is 0 Å². The summed E-state index contributed by atoms with van der Waals surface area (Å²) < 4.78 is 0. The molecule has 1 heterocycles. The van der Waals surface area contributed by atoms with Gasteiger partial charge in [0.05, 0.1) is 5.75 Å². The summed E-state index contributed by atoms with van der Waals surface area (Å²) in [6.07, 6.45) is 0. The molecule has 1 aliphatic rings. The average molecular weight is 271 g/mol. The van der Waals surface area contributed by atoms with Crippen molar-refractivity contribution in [2.45, 2.75) is 0 Å². The molecule has 1 amide bonds. The van der Waals surface area contributed by atoms with Crippen LogP contribution in [0.2, 0.25) is 5.02 Å².